The molecule has 1 aliphatic heterocycles. The number of carbonyl (C=O) groups is 2. The Morgan fingerprint density at radius 1 is 1.10 bits per heavy atom. The van der Waals surface area contributed by atoms with Crippen molar-refractivity contribution in [3.63, 3.8) is 0 Å². The van der Waals surface area contributed by atoms with E-state index in [4.69, 9.17) is 9.84 Å². The molecule has 0 bridgehead atoms. The molecule has 0 spiro atoms. The molecular weight excluding hydrogens is 495 g/mol. The van der Waals surface area contributed by atoms with E-state index in [0.717, 1.165) is 11.0 Å². The summed E-state index contributed by atoms with van der Waals surface area (Å²) in [6.45, 7) is -0.678. The van der Waals surface area contributed by atoms with Crippen LogP contribution in [0.5, 0.6) is 11.5 Å². The maximum atomic E-state index is 14.2. The number of nitrogens with zero attached hydrogens (tertiary/aromatic N) is 1. The smallest absolute Gasteiger partial charge is 0.416 e. The normalized spacial score (nSPS) is 14.2. The number of alkyl halides is 3. The van der Waals surface area contributed by atoms with Gasteiger partial charge in [-0.2, -0.15) is 13.2 Å². The fourth-order valence-electron chi connectivity index (χ4n) is 2.67. The van der Waals surface area contributed by atoms with E-state index in [1.807, 2.05) is 0 Å². The van der Waals surface area contributed by atoms with Crippen LogP contribution in [-0.4, -0.2) is 35.0 Å². The first-order valence-electron chi connectivity index (χ1n) is 8.50. The van der Waals surface area contributed by atoms with Gasteiger partial charge in [-0.15, -0.1) is 0 Å². The predicted molar refractivity (Wildman–Crippen MR) is 101 cm³/mol. The van der Waals surface area contributed by atoms with Gasteiger partial charge in [0.25, 0.3) is 11.8 Å². The number of ether oxygens (including phenoxy) is 1. The van der Waals surface area contributed by atoms with Crippen molar-refractivity contribution in [2.45, 2.75) is 6.18 Å². The van der Waals surface area contributed by atoms with Crippen LogP contribution in [0.4, 0.5) is 27.6 Å². The zero-order valence-electron chi connectivity index (χ0n) is 15.3. The van der Waals surface area contributed by atoms with Crippen molar-refractivity contribution in [1.82, 2.24) is 4.90 Å². The second-order valence-corrected chi connectivity index (χ2v) is 7.13. The van der Waals surface area contributed by atoms with Crippen molar-refractivity contribution in [3.8, 4) is 11.5 Å². The molecule has 0 aromatic heterocycles. The molecule has 2 aromatic carbocycles. The first kappa shape index (κ1) is 22.7. The Balaban J connectivity index is 1.93. The number of rotatable bonds is 6. The third-order valence-electron chi connectivity index (χ3n) is 4.08. The number of amides is 2. The van der Waals surface area contributed by atoms with Crippen molar-refractivity contribution in [3.05, 3.63) is 63.8 Å². The van der Waals surface area contributed by atoms with Crippen LogP contribution in [0.25, 0.3) is 0 Å². The quantitative estimate of drug-likeness (QED) is 0.453. The zero-order valence-corrected chi connectivity index (χ0v) is 16.9. The molecule has 0 fully saturated rings. The van der Waals surface area contributed by atoms with Gasteiger partial charge in [0.1, 0.15) is 5.70 Å². The molecule has 0 saturated carbocycles. The van der Waals surface area contributed by atoms with Gasteiger partial charge in [-0.1, -0.05) is 15.9 Å². The maximum Gasteiger partial charge on any atom is 0.416 e. The molecule has 12 heteroatoms. The van der Waals surface area contributed by atoms with Crippen molar-refractivity contribution >= 4 is 33.4 Å². The summed E-state index contributed by atoms with van der Waals surface area (Å²) in [5, 5.41) is 11.5. The number of aliphatic hydroxyl groups is 1. The van der Waals surface area contributed by atoms with Crippen molar-refractivity contribution in [2.75, 3.05) is 18.5 Å². The van der Waals surface area contributed by atoms with Crippen molar-refractivity contribution in [1.29, 1.82) is 0 Å². The minimum Gasteiger partial charge on any atom is -0.449 e. The van der Waals surface area contributed by atoms with E-state index in [-0.39, 0.29) is 35.8 Å². The second kappa shape index (κ2) is 8.63. The monoisotopic (exact) mass is 506 g/mol. The van der Waals surface area contributed by atoms with E-state index in [0.29, 0.717) is 4.47 Å². The minimum atomic E-state index is -4.95. The number of halogens is 6. The van der Waals surface area contributed by atoms with E-state index >= 15 is 0 Å². The lowest BCUT2D eigenvalue weighted by Gasteiger charge is -2.17. The topological polar surface area (TPSA) is 78.9 Å². The van der Waals surface area contributed by atoms with Gasteiger partial charge in [0.05, 0.1) is 24.4 Å². The average molecular weight is 507 g/mol. The molecule has 3 rings (SSSR count). The highest BCUT2D eigenvalue weighted by molar-refractivity contribution is 9.10. The van der Waals surface area contributed by atoms with Crippen LogP contribution in [-0.2, 0) is 15.8 Å². The number of carbonyl (C=O) groups excluding carboxylic acids is 2. The third-order valence-corrected chi connectivity index (χ3v) is 4.58. The van der Waals surface area contributed by atoms with Gasteiger partial charge in [-0.25, -0.2) is 8.78 Å². The van der Waals surface area contributed by atoms with Gasteiger partial charge >= 0.3 is 6.18 Å². The maximum absolute atomic E-state index is 14.2. The van der Waals surface area contributed by atoms with Crippen molar-refractivity contribution in [2.24, 2.45) is 0 Å². The number of nitrogens with one attached hydrogen (secondary N) is 1. The molecule has 2 amide bonds. The molecule has 2 aromatic rings. The zero-order chi connectivity index (χ0) is 22.9. The molecule has 6 nitrogen and oxygen atoms in total. The summed E-state index contributed by atoms with van der Waals surface area (Å²) < 4.78 is 72.1. The molecule has 164 valence electrons. The largest absolute Gasteiger partial charge is 0.449 e. The summed E-state index contributed by atoms with van der Waals surface area (Å²) in [7, 11) is 0. The van der Waals surface area contributed by atoms with E-state index in [9.17, 15) is 31.5 Å². The average Bonchev–Trinajstić information content (AvgIpc) is 2.93. The highest BCUT2D eigenvalue weighted by Gasteiger charge is 2.34. The molecule has 0 atom stereocenters. The minimum absolute atomic E-state index is 0.000136. The number of anilines is 1. The number of aliphatic hydroxyl groups excluding tert-OH is 1. The van der Waals surface area contributed by atoms with Crippen LogP contribution in [0.1, 0.15) is 5.56 Å². The molecular formula is C19H12BrF5N2O4. The van der Waals surface area contributed by atoms with Crippen LogP contribution in [0.2, 0.25) is 0 Å². The van der Waals surface area contributed by atoms with Gasteiger partial charge in [0, 0.05) is 10.5 Å². The van der Waals surface area contributed by atoms with Gasteiger partial charge in [0.2, 0.25) is 0 Å². The number of imide groups is 1. The SMILES string of the molecule is O=C1C=C(Nc2ccc(Br)cc2Oc2c(F)cc(C(F)(F)F)cc2F)C(=O)N1CCO. The van der Waals surface area contributed by atoms with Crippen LogP contribution >= 0.6 is 15.9 Å². The van der Waals surface area contributed by atoms with E-state index in [1.54, 1.807) is 0 Å². The molecule has 31 heavy (non-hydrogen) atoms. The summed E-state index contributed by atoms with van der Waals surface area (Å²) >= 11 is 3.13. The Hall–Kier alpha value is -2.99. The fourth-order valence-corrected chi connectivity index (χ4v) is 3.01. The highest BCUT2D eigenvalue weighted by Crippen LogP contribution is 2.38. The Kier molecular flexibility index (Phi) is 6.32. The lowest BCUT2D eigenvalue weighted by molar-refractivity contribution is -0.138. The van der Waals surface area contributed by atoms with Crippen LogP contribution in [0.15, 0.2) is 46.6 Å². The number of β-amino-alcohol motifs (C(OH)–C–C–N with tert-alkyl or cyclic N) is 1. The summed E-state index contributed by atoms with van der Waals surface area (Å²) in [4.78, 5) is 24.9. The van der Waals surface area contributed by atoms with Gasteiger partial charge in [-0.05, 0) is 30.3 Å². The molecule has 1 heterocycles. The summed E-state index contributed by atoms with van der Waals surface area (Å²) in [5.41, 5.74) is -1.72. The second-order valence-electron chi connectivity index (χ2n) is 6.21. The summed E-state index contributed by atoms with van der Waals surface area (Å²) in [6.07, 6.45) is -3.99. The Morgan fingerprint density at radius 2 is 1.74 bits per heavy atom. The Bertz CT molecular complexity index is 1060. The predicted octanol–water partition coefficient (Wildman–Crippen LogP) is 4.20. The molecule has 0 aliphatic carbocycles. The summed E-state index contributed by atoms with van der Waals surface area (Å²) in [5.74, 6) is -5.93. The Labute approximate surface area is 180 Å². The first-order valence-corrected chi connectivity index (χ1v) is 9.29. The summed E-state index contributed by atoms with van der Waals surface area (Å²) in [6, 6.07) is 4.29. The fraction of sp³-hybridized carbons (Fsp3) is 0.158. The number of benzene rings is 2. The lowest BCUT2D eigenvalue weighted by Crippen LogP contribution is -2.34. The number of hydrogen-bond donors (Lipinski definition) is 2. The molecule has 1 aliphatic rings. The van der Waals surface area contributed by atoms with Gasteiger partial charge in [0.15, 0.2) is 23.1 Å². The van der Waals surface area contributed by atoms with E-state index in [1.165, 1.54) is 18.2 Å². The van der Waals surface area contributed by atoms with Crippen LogP contribution in [0.3, 0.4) is 0 Å². The van der Waals surface area contributed by atoms with Gasteiger partial charge in [-0.3, -0.25) is 14.5 Å². The van der Waals surface area contributed by atoms with Gasteiger partial charge < -0.3 is 15.2 Å². The molecule has 2 N–H and O–H groups in total. The number of hydrogen-bond acceptors (Lipinski definition) is 5. The van der Waals surface area contributed by atoms with Crippen molar-refractivity contribution < 1.29 is 41.4 Å². The molecule has 0 radical (unpaired) electrons. The van der Waals surface area contributed by atoms with E-state index < -0.39 is 47.5 Å². The lowest BCUT2D eigenvalue weighted by atomic mass is 10.2. The van der Waals surface area contributed by atoms with Crippen LogP contribution in [0, 0.1) is 11.6 Å². The third kappa shape index (κ3) is 4.85. The molecule has 0 unspecified atom stereocenters. The van der Waals surface area contributed by atoms with Crippen LogP contribution < -0.4 is 10.1 Å². The first-order chi connectivity index (χ1) is 14.5. The molecule has 0 saturated heterocycles. The van der Waals surface area contributed by atoms with E-state index in [2.05, 4.69) is 21.2 Å². The standard InChI is InChI=1S/C19H12BrF5N2O4/c20-10-1-2-13(26-14-8-16(29)27(3-4-28)18(14)30)15(7-10)31-17-11(21)5-9(6-12(17)22)19(23,24)25/h1-2,5-8,26,28H,3-4H2. The highest BCUT2D eigenvalue weighted by atomic mass is 79.9. The Morgan fingerprint density at radius 3 is 2.32 bits per heavy atom.